The van der Waals surface area contributed by atoms with Gasteiger partial charge < -0.3 is 14.7 Å². The number of carbonyl (C=O) groups excluding carboxylic acids is 2. The second kappa shape index (κ2) is 5.81. The standard InChI is InChI=1S/C15H14ClN3O3/c1-9-8-12(22-18-9)15(21)19-7-6-17-14(20)13(19)10-4-2-3-5-11(10)16/h2-5,8,13H,6-7H2,1H3,(H,17,20). The predicted octanol–water partition coefficient (Wildman–Crippen LogP) is 1.95. The van der Waals surface area contributed by atoms with Crippen LogP contribution in [0.2, 0.25) is 5.02 Å². The van der Waals surface area contributed by atoms with Crippen molar-refractivity contribution >= 4 is 23.4 Å². The van der Waals surface area contributed by atoms with Crippen LogP contribution in [0.1, 0.15) is 27.9 Å². The van der Waals surface area contributed by atoms with E-state index < -0.39 is 6.04 Å². The molecule has 2 amide bonds. The summed E-state index contributed by atoms with van der Waals surface area (Å²) in [5.41, 5.74) is 1.20. The van der Waals surface area contributed by atoms with Gasteiger partial charge in [-0.1, -0.05) is 35.0 Å². The number of hydrogen-bond donors (Lipinski definition) is 1. The van der Waals surface area contributed by atoms with Crippen LogP contribution in [0, 0.1) is 6.92 Å². The van der Waals surface area contributed by atoms with Gasteiger partial charge in [-0.15, -0.1) is 0 Å². The molecule has 1 fully saturated rings. The van der Waals surface area contributed by atoms with Gasteiger partial charge in [-0.3, -0.25) is 9.59 Å². The molecule has 114 valence electrons. The second-order valence-electron chi connectivity index (χ2n) is 5.05. The maximum Gasteiger partial charge on any atom is 0.293 e. The molecule has 1 unspecified atom stereocenters. The van der Waals surface area contributed by atoms with E-state index in [0.29, 0.717) is 29.4 Å². The van der Waals surface area contributed by atoms with Gasteiger partial charge in [0.25, 0.3) is 5.91 Å². The van der Waals surface area contributed by atoms with E-state index >= 15 is 0 Å². The number of halogens is 1. The monoisotopic (exact) mass is 319 g/mol. The molecule has 1 aliphatic heterocycles. The molecule has 6 nitrogen and oxygen atoms in total. The van der Waals surface area contributed by atoms with Crippen LogP contribution in [0.25, 0.3) is 0 Å². The Balaban J connectivity index is 1.99. The zero-order chi connectivity index (χ0) is 15.7. The van der Waals surface area contributed by atoms with Crippen molar-refractivity contribution in [3.63, 3.8) is 0 Å². The Labute approximate surface area is 132 Å². The molecule has 1 atom stereocenters. The Hall–Kier alpha value is -2.34. The van der Waals surface area contributed by atoms with Gasteiger partial charge >= 0.3 is 0 Å². The molecule has 1 N–H and O–H groups in total. The molecule has 2 heterocycles. The first-order valence-electron chi connectivity index (χ1n) is 6.84. The number of aromatic nitrogens is 1. The fraction of sp³-hybridized carbons (Fsp3) is 0.267. The zero-order valence-electron chi connectivity index (χ0n) is 11.9. The van der Waals surface area contributed by atoms with Crippen molar-refractivity contribution in [2.24, 2.45) is 0 Å². The summed E-state index contributed by atoms with van der Waals surface area (Å²) in [6.45, 7) is 2.49. The van der Waals surface area contributed by atoms with Crippen molar-refractivity contribution in [3.05, 3.63) is 52.4 Å². The van der Waals surface area contributed by atoms with Crippen LogP contribution in [0.15, 0.2) is 34.9 Å². The van der Waals surface area contributed by atoms with Crippen molar-refractivity contribution < 1.29 is 14.1 Å². The molecule has 3 rings (SSSR count). The van der Waals surface area contributed by atoms with Crippen LogP contribution in [-0.2, 0) is 4.79 Å². The summed E-state index contributed by atoms with van der Waals surface area (Å²) >= 11 is 6.19. The average Bonchev–Trinajstić information content (AvgIpc) is 2.94. The Morgan fingerprint density at radius 2 is 2.23 bits per heavy atom. The Bertz CT molecular complexity index is 728. The summed E-state index contributed by atoms with van der Waals surface area (Å²) in [7, 11) is 0. The van der Waals surface area contributed by atoms with Crippen LogP contribution in [0.3, 0.4) is 0 Å². The largest absolute Gasteiger partial charge is 0.352 e. The van der Waals surface area contributed by atoms with Crippen LogP contribution in [0.5, 0.6) is 0 Å². The van der Waals surface area contributed by atoms with Gasteiger partial charge in [0.1, 0.15) is 6.04 Å². The van der Waals surface area contributed by atoms with E-state index in [0.717, 1.165) is 0 Å². The van der Waals surface area contributed by atoms with Gasteiger partial charge in [-0.05, 0) is 13.0 Å². The average molecular weight is 320 g/mol. The van der Waals surface area contributed by atoms with Gasteiger partial charge in [0.2, 0.25) is 11.7 Å². The minimum absolute atomic E-state index is 0.115. The summed E-state index contributed by atoms with van der Waals surface area (Å²) in [6.07, 6.45) is 0. The third-order valence-electron chi connectivity index (χ3n) is 3.51. The van der Waals surface area contributed by atoms with E-state index in [2.05, 4.69) is 10.5 Å². The van der Waals surface area contributed by atoms with Gasteiger partial charge in [0.15, 0.2) is 0 Å². The molecule has 0 saturated carbocycles. The Morgan fingerprint density at radius 1 is 1.45 bits per heavy atom. The highest BCUT2D eigenvalue weighted by Gasteiger charge is 2.37. The lowest BCUT2D eigenvalue weighted by atomic mass is 10.0. The van der Waals surface area contributed by atoms with Crippen molar-refractivity contribution in [1.82, 2.24) is 15.4 Å². The highest BCUT2D eigenvalue weighted by atomic mass is 35.5. The van der Waals surface area contributed by atoms with E-state index in [4.69, 9.17) is 16.1 Å². The molecule has 0 radical (unpaired) electrons. The van der Waals surface area contributed by atoms with Gasteiger partial charge in [-0.25, -0.2) is 0 Å². The minimum atomic E-state index is -0.777. The van der Waals surface area contributed by atoms with E-state index in [1.807, 2.05) is 0 Å². The summed E-state index contributed by atoms with van der Waals surface area (Å²) in [6, 6.07) is 7.77. The molecule has 2 aromatic rings. The minimum Gasteiger partial charge on any atom is -0.352 e. The van der Waals surface area contributed by atoms with Gasteiger partial charge in [0.05, 0.1) is 5.69 Å². The lowest BCUT2D eigenvalue weighted by Gasteiger charge is -2.34. The first-order chi connectivity index (χ1) is 10.6. The maximum atomic E-state index is 12.6. The molecule has 0 aliphatic carbocycles. The first kappa shape index (κ1) is 14.6. The van der Waals surface area contributed by atoms with Gasteiger partial charge in [-0.2, -0.15) is 0 Å². The molecular formula is C15H14ClN3O3. The van der Waals surface area contributed by atoms with Crippen LogP contribution in [0.4, 0.5) is 0 Å². The number of nitrogens with one attached hydrogen (secondary N) is 1. The zero-order valence-corrected chi connectivity index (χ0v) is 12.6. The Kier molecular flexibility index (Phi) is 3.85. The van der Waals surface area contributed by atoms with Crippen molar-refractivity contribution in [1.29, 1.82) is 0 Å². The number of aryl methyl sites for hydroxylation is 1. The summed E-state index contributed by atoms with van der Waals surface area (Å²) < 4.78 is 5.02. The number of benzene rings is 1. The quantitative estimate of drug-likeness (QED) is 0.918. The maximum absolute atomic E-state index is 12.6. The molecule has 7 heteroatoms. The second-order valence-corrected chi connectivity index (χ2v) is 5.45. The highest BCUT2D eigenvalue weighted by Crippen LogP contribution is 2.30. The molecule has 22 heavy (non-hydrogen) atoms. The molecular weight excluding hydrogens is 306 g/mol. The lowest BCUT2D eigenvalue weighted by molar-refractivity contribution is -0.128. The van der Waals surface area contributed by atoms with E-state index in [9.17, 15) is 9.59 Å². The van der Waals surface area contributed by atoms with E-state index in [1.165, 1.54) is 4.90 Å². The summed E-state index contributed by atoms with van der Waals surface area (Å²) in [5.74, 6) is -0.520. The molecule has 1 saturated heterocycles. The first-order valence-corrected chi connectivity index (χ1v) is 7.22. The van der Waals surface area contributed by atoms with Crippen molar-refractivity contribution in [2.75, 3.05) is 13.1 Å². The lowest BCUT2D eigenvalue weighted by Crippen LogP contribution is -2.52. The fourth-order valence-electron chi connectivity index (χ4n) is 2.50. The highest BCUT2D eigenvalue weighted by molar-refractivity contribution is 6.31. The van der Waals surface area contributed by atoms with Crippen LogP contribution >= 0.6 is 11.6 Å². The fourth-order valence-corrected chi connectivity index (χ4v) is 2.74. The number of nitrogens with zero attached hydrogens (tertiary/aromatic N) is 2. The number of amides is 2. The number of piperazine rings is 1. The Morgan fingerprint density at radius 3 is 2.91 bits per heavy atom. The van der Waals surface area contributed by atoms with E-state index in [1.54, 1.807) is 37.3 Å². The van der Waals surface area contributed by atoms with Crippen LogP contribution in [-0.4, -0.2) is 35.0 Å². The molecule has 0 bridgehead atoms. The van der Waals surface area contributed by atoms with Crippen molar-refractivity contribution in [2.45, 2.75) is 13.0 Å². The predicted molar refractivity (Wildman–Crippen MR) is 79.5 cm³/mol. The topological polar surface area (TPSA) is 75.4 Å². The van der Waals surface area contributed by atoms with Crippen LogP contribution < -0.4 is 5.32 Å². The SMILES string of the molecule is Cc1cc(C(=O)N2CCNC(=O)C2c2ccccc2Cl)on1. The smallest absolute Gasteiger partial charge is 0.293 e. The third kappa shape index (κ3) is 2.57. The number of rotatable bonds is 2. The third-order valence-corrected chi connectivity index (χ3v) is 3.86. The molecule has 1 aromatic carbocycles. The number of hydrogen-bond acceptors (Lipinski definition) is 4. The summed E-state index contributed by atoms with van der Waals surface area (Å²) in [5, 5.41) is 6.92. The van der Waals surface area contributed by atoms with Crippen molar-refractivity contribution in [3.8, 4) is 0 Å². The number of carbonyl (C=O) groups is 2. The summed E-state index contributed by atoms with van der Waals surface area (Å²) in [4.78, 5) is 26.4. The normalized spacial score (nSPS) is 18.2. The molecule has 0 spiro atoms. The van der Waals surface area contributed by atoms with E-state index in [-0.39, 0.29) is 17.6 Å². The molecule has 1 aromatic heterocycles. The van der Waals surface area contributed by atoms with Gasteiger partial charge in [0, 0.05) is 29.7 Å². The molecule has 1 aliphatic rings.